The Labute approximate surface area is 124 Å². The van der Waals surface area contributed by atoms with Crippen molar-refractivity contribution in [3.8, 4) is 0 Å². The van der Waals surface area contributed by atoms with Crippen LogP contribution < -0.4 is 0 Å². The predicted octanol–water partition coefficient (Wildman–Crippen LogP) is 2.91. The number of benzene rings is 1. The second-order valence-corrected chi connectivity index (χ2v) is 6.46. The molecule has 0 aromatic heterocycles. The van der Waals surface area contributed by atoms with Gasteiger partial charge >= 0.3 is 5.97 Å². The largest absolute Gasteiger partial charge is 0.478 e. The molecule has 0 radical (unpaired) electrons. The highest BCUT2D eigenvalue weighted by Gasteiger charge is 2.35. The smallest absolute Gasteiger partial charge is 0.335 e. The van der Waals surface area contributed by atoms with Gasteiger partial charge in [0.2, 0.25) is 0 Å². The van der Waals surface area contributed by atoms with Crippen molar-refractivity contribution in [1.82, 2.24) is 5.01 Å². The third-order valence-electron chi connectivity index (χ3n) is 5.17. The van der Waals surface area contributed by atoms with Gasteiger partial charge in [0.15, 0.2) is 0 Å². The van der Waals surface area contributed by atoms with Crippen LogP contribution in [0.25, 0.3) is 0 Å². The van der Waals surface area contributed by atoms with Gasteiger partial charge in [-0.3, -0.25) is 5.01 Å². The van der Waals surface area contributed by atoms with Gasteiger partial charge in [0.25, 0.3) is 0 Å². The Morgan fingerprint density at radius 1 is 1.24 bits per heavy atom. The zero-order chi connectivity index (χ0) is 14.4. The van der Waals surface area contributed by atoms with Gasteiger partial charge in [-0.1, -0.05) is 18.9 Å². The molecule has 1 aliphatic heterocycles. The molecule has 21 heavy (non-hydrogen) atoms. The first-order chi connectivity index (χ1) is 10.2. The second-order valence-electron chi connectivity index (χ2n) is 6.46. The average Bonchev–Trinajstić information content (AvgIpc) is 3.15. The first-order valence-corrected chi connectivity index (χ1v) is 7.94. The summed E-state index contributed by atoms with van der Waals surface area (Å²) >= 11 is 0. The van der Waals surface area contributed by atoms with Crippen LogP contribution in [0.3, 0.4) is 0 Å². The van der Waals surface area contributed by atoms with E-state index in [9.17, 15) is 4.79 Å². The average molecular weight is 284 g/mol. The van der Waals surface area contributed by atoms with Crippen LogP contribution in [0, 0.1) is 5.92 Å². The second kappa shape index (κ2) is 4.86. The number of carboxylic acid groups (broad SMARTS) is 1. The number of carbonyl (C=O) groups is 1. The van der Waals surface area contributed by atoms with E-state index in [1.807, 2.05) is 12.1 Å². The maximum absolute atomic E-state index is 11.1. The van der Waals surface area contributed by atoms with Crippen molar-refractivity contribution in [3.63, 3.8) is 0 Å². The monoisotopic (exact) mass is 284 g/mol. The van der Waals surface area contributed by atoms with Crippen LogP contribution in [0.5, 0.6) is 0 Å². The van der Waals surface area contributed by atoms with Gasteiger partial charge in [0, 0.05) is 24.1 Å². The molecule has 2 aliphatic carbocycles. The Balaban J connectivity index is 1.67. The maximum atomic E-state index is 11.1. The van der Waals surface area contributed by atoms with Crippen molar-refractivity contribution in [2.75, 3.05) is 6.54 Å². The van der Waals surface area contributed by atoms with Gasteiger partial charge in [-0.25, -0.2) is 4.79 Å². The molecule has 0 amide bonds. The minimum absolute atomic E-state index is 0.387. The number of aryl methyl sites for hydroxylation is 1. The molecule has 3 aliphatic rings. The predicted molar refractivity (Wildman–Crippen MR) is 80.7 cm³/mol. The molecule has 1 saturated carbocycles. The topological polar surface area (TPSA) is 52.9 Å². The van der Waals surface area contributed by atoms with E-state index in [1.165, 1.54) is 37.0 Å². The molecule has 4 nitrogen and oxygen atoms in total. The van der Waals surface area contributed by atoms with Crippen LogP contribution in [0.2, 0.25) is 0 Å². The van der Waals surface area contributed by atoms with E-state index >= 15 is 0 Å². The van der Waals surface area contributed by atoms with Crippen molar-refractivity contribution >= 4 is 11.7 Å². The summed E-state index contributed by atoms with van der Waals surface area (Å²) in [6.45, 7) is 1.06. The third-order valence-corrected chi connectivity index (χ3v) is 5.17. The highest BCUT2D eigenvalue weighted by atomic mass is 16.4. The molecule has 1 N–H and O–H groups in total. The standard InChI is InChI=1S/C17H20N2O2/c20-17(21)12-7-8-15-11(9-12)5-6-13-10-19(18-16(13)15)14-3-1-2-4-14/h7-9,13-14H,1-6,10H2,(H,20,21). The van der Waals surface area contributed by atoms with E-state index in [1.54, 1.807) is 6.07 Å². The summed E-state index contributed by atoms with van der Waals surface area (Å²) in [6.07, 6.45) is 7.27. The van der Waals surface area contributed by atoms with Gasteiger partial charge in [0.05, 0.1) is 11.3 Å². The molecule has 0 saturated heterocycles. The van der Waals surface area contributed by atoms with E-state index in [0.717, 1.165) is 24.9 Å². The van der Waals surface area contributed by atoms with Crippen molar-refractivity contribution in [3.05, 3.63) is 34.9 Å². The third kappa shape index (κ3) is 2.13. The molecule has 0 bridgehead atoms. The summed E-state index contributed by atoms with van der Waals surface area (Å²) in [7, 11) is 0. The van der Waals surface area contributed by atoms with E-state index < -0.39 is 5.97 Å². The molecule has 1 atom stereocenters. The molecule has 0 spiro atoms. The Bertz CT molecular complexity index is 617. The number of hydrazone groups is 1. The van der Waals surface area contributed by atoms with E-state index in [4.69, 9.17) is 10.2 Å². The van der Waals surface area contributed by atoms with Crippen LogP contribution in [0.1, 0.15) is 53.6 Å². The summed E-state index contributed by atoms with van der Waals surface area (Å²) in [5.41, 5.74) is 3.91. The Morgan fingerprint density at radius 3 is 2.81 bits per heavy atom. The van der Waals surface area contributed by atoms with Gasteiger partial charge in [-0.2, -0.15) is 5.10 Å². The molecule has 4 heteroatoms. The van der Waals surface area contributed by atoms with E-state index in [0.29, 0.717) is 17.5 Å². The maximum Gasteiger partial charge on any atom is 0.335 e. The molecular formula is C17H20N2O2. The van der Waals surface area contributed by atoms with Gasteiger partial charge in [0.1, 0.15) is 0 Å². The lowest BCUT2D eigenvalue weighted by Crippen LogP contribution is -2.29. The Morgan fingerprint density at radius 2 is 2.05 bits per heavy atom. The zero-order valence-corrected chi connectivity index (χ0v) is 12.1. The van der Waals surface area contributed by atoms with Gasteiger partial charge in [-0.05, 0) is 43.4 Å². The molecule has 1 heterocycles. The molecule has 1 unspecified atom stereocenters. The first kappa shape index (κ1) is 12.9. The molecular weight excluding hydrogens is 264 g/mol. The fraction of sp³-hybridized carbons (Fsp3) is 0.529. The number of hydrogen-bond acceptors (Lipinski definition) is 3. The summed E-state index contributed by atoms with van der Waals surface area (Å²) in [6, 6.07) is 6.13. The van der Waals surface area contributed by atoms with Crippen molar-refractivity contribution < 1.29 is 9.90 Å². The normalized spacial score (nSPS) is 24.7. The number of hydrogen-bond donors (Lipinski definition) is 1. The number of aromatic carboxylic acids is 1. The molecule has 1 aromatic carbocycles. The summed E-state index contributed by atoms with van der Waals surface area (Å²) < 4.78 is 0. The summed E-state index contributed by atoms with van der Waals surface area (Å²) in [4.78, 5) is 11.1. The zero-order valence-electron chi connectivity index (χ0n) is 12.1. The number of rotatable bonds is 2. The van der Waals surface area contributed by atoms with Crippen LogP contribution in [0.4, 0.5) is 0 Å². The van der Waals surface area contributed by atoms with Crippen LogP contribution >= 0.6 is 0 Å². The number of nitrogens with zero attached hydrogens (tertiary/aromatic N) is 2. The molecule has 4 rings (SSSR count). The Kier molecular flexibility index (Phi) is 2.98. The first-order valence-electron chi connectivity index (χ1n) is 7.94. The van der Waals surface area contributed by atoms with E-state index in [2.05, 4.69) is 5.01 Å². The van der Waals surface area contributed by atoms with Crippen LogP contribution in [0.15, 0.2) is 23.3 Å². The lowest BCUT2D eigenvalue weighted by Gasteiger charge is -2.24. The minimum atomic E-state index is -0.846. The van der Waals surface area contributed by atoms with Gasteiger partial charge in [-0.15, -0.1) is 0 Å². The Hall–Kier alpha value is -1.84. The summed E-state index contributed by atoms with van der Waals surface area (Å²) in [5, 5.41) is 16.3. The number of fused-ring (bicyclic) bond motifs is 3. The molecule has 1 fully saturated rings. The van der Waals surface area contributed by atoms with Gasteiger partial charge < -0.3 is 5.11 Å². The van der Waals surface area contributed by atoms with Crippen LogP contribution in [-0.4, -0.2) is 34.4 Å². The lowest BCUT2D eigenvalue weighted by molar-refractivity contribution is 0.0696. The lowest BCUT2D eigenvalue weighted by atomic mass is 9.82. The quantitative estimate of drug-likeness (QED) is 0.908. The SMILES string of the molecule is O=C(O)c1ccc2c(c1)CCC1CN(C3CCCC3)N=C21. The fourth-order valence-electron chi connectivity index (χ4n) is 4.02. The van der Waals surface area contributed by atoms with Crippen LogP contribution in [-0.2, 0) is 6.42 Å². The number of carboxylic acids is 1. The highest BCUT2D eigenvalue weighted by Crippen LogP contribution is 2.35. The molecule has 1 aromatic rings. The minimum Gasteiger partial charge on any atom is -0.478 e. The molecule has 110 valence electrons. The van der Waals surface area contributed by atoms with E-state index in [-0.39, 0.29) is 0 Å². The highest BCUT2D eigenvalue weighted by molar-refractivity contribution is 6.06. The summed E-state index contributed by atoms with van der Waals surface area (Å²) in [5.74, 6) is -0.311. The van der Waals surface area contributed by atoms with Crippen molar-refractivity contribution in [2.45, 2.75) is 44.6 Å². The fourth-order valence-corrected chi connectivity index (χ4v) is 4.02. The van der Waals surface area contributed by atoms with Crippen molar-refractivity contribution in [1.29, 1.82) is 0 Å². The van der Waals surface area contributed by atoms with Crippen molar-refractivity contribution in [2.24, 2.45) is 11.0 Å².